The molecule has 1 atom stereocenters. The van der Waals surface area contributed by atoms with Crippen LogP contribution in [0.15, 0.2) is 65.2 Å². The number of nitrogens with zero attached hydrogens (tertiary/aromatic N) is 2. The smallest absolute Gasteiger partial charge is 0.170 e. The van der Waals surface area contributed by atoms with Crippen LogP contribution in [-0.4, -0.2) is 49.7 Å². The van der Waals surface area contributed by atoms with E-state index in [0.717, 1.165) is 61.8 Å². The predicted molar refractivity (Wildman–Crippen MR) is 136 cm³/mol. The van der Waals surface area contributed by atoms with Gasteiger partial charge in [-0.05, 0) is 57.0 Å². The first-order valence-electron chi connectivity index (χ1n) is 12.5. The highest BCUT2D eigenvalue weighted by molar-refractivity contribution is 5.80. The molecule has 2 heterocycles. The van der Waals surface area contributed by atoms with Crippen LogP contribution in [0.3, 0.4) is 0 Å². The molecule has 2 aliphatic rings. The Bertz CT molecular complexity index is 1280. The lowest BCUT2D eigenvalue weighted by atomic mass is 9.76. The van der Waals surface area contributed by atoms with Gasteiger partial charge >= 0.3 is 0 Å². The molecule has 2 aromatic carbocycles. The van der Waals surface area contributed by atoms with Gasteiger partial charge in [0.25, 0.3) is 0 Å². The van der Waals surface area contributed by atoms with Crippen molar-refractivity contribution in [2.75, 3.05) is 33.4 Å². The molecule has 1 aliphatic heterocycles. The third kappa shape index (κ3) is 4.80. The van der Waals surface area contributed by atoms with Gasteiger partial charge in [-0.15, -0.1) is 0 Å². The van der Waals surface area contributed by atoms with Crippen LogP contribution in [0.4, 0.5) is 4.39 Å². The fourth-order valence-corrected chi connectivity index (χ4v) is 5.32. The molecule has 1 saturated heterocycles. The molecular formula is C29H31FN2O4. The van der Waals surface area contributed by atoms with Crippen LogP contribution in [0.1, 0.15) is 42.9 Å². The number of likely N-dealkylation sites (tertiary alicyclic amines) is 1. The van der Waals surface area contributed by atoms with Crippen molar-refractivity contribution in [2.45, 2.75) is 37.0 Å². The number of ether oxygens (including phenoxy) is 2. The zero-order valence-corrected chi connectivity index (χ0v) is 20.5. The molecule has 1 aliphatic carbocycles. The van der Waals surface area contributed by atoms with E-state index in [2.05, 4.69) is 10.1 Å². The summed E-state index contributed by atoms with van der Waals surface area (Å²) in [5.74, 6) is 1.29. The minimum absolute atomic E-state index is 0.308. The first-order valence-corrected chi connectivity index (χ1v) is 12.5. The van der Waals surface area contributed by atoms with E-state index in [1.807, 2.05) is 42.5 Å². The number of allylic oxidation sites excluding steroid dienone is 4. The molecule has 3 aromatic rings. The largest absolute Gasteiger partial charge is 0.493 e. The van der Waals surface area contributed by atoms with E-state index in [-0.39, 0.29) is 5.82 Å². The molecule has 1 aromatic heterocycles. The summed E-state index contributed by atoms with van der Waals surface area (Å²) in [6.45, 7) is 3.44. The lowest BCUT2D eigenvalue weighted by molar-refractivity contribution is -0.111. The summed E-state index contributed by atoms with van der Waals surface area (Å²) in [5, 5.41) is 5.15. The molecule has 1 fully saturated rings. The maximum Gasteiger partial charge on any atom is 0.170 e. The number of aromatic nitrogens is 1. The summed E-state index contributed by atoms with van der Waals surface area (Å²) in [6, 6.07) is 10.4. The lowest BCUT2D eigenvalue weighted by Gasteiger charge is -2.31. The summed E-state index contributed by atoms with van der Waals surface area (Å²) in [7, 11) is 1.62. The van der Waals surface area contributed by atoms with Crippen LogP contribution in [0.2, 0.25) is 0 Å². The second-order valence-electron chi connectivity index (χ2n) is 9.51. The van der Waals surface area contributed by atoms with Crippen LogP contribution < -0.4 is 9.47 Å². The Morgan fingerprint density at radius 1 is 1.22 bits per heavy atom. The number of para-hydroxylation sites is 1. The van der Waals surface area contributed by atoms with Crippen LogP contribution in [-0.2, 0) is 10.2 Å². The summed E-state index contributed by atoms with van der Waals surface area (Å²) in [4.78, 5) is 14.5. The second kappa shape index (κ2) is 10.7. The van der Waals surface area contributed by atoms with E-state index < -0.39 is 5.41 Å². The SMILES string of the molecule is COc1c(OCCCN2CCC(c3noc4cc(F)ccc34)CC2)cccc1C1(C=O)C=CC=CC1. The standard InChI is InChI=1S/C29H31FN2O4/c1-34-28-24(29(20-33)13-3-2-4-14-29)7-5-8-25(28)35-18-6-15-32-16-11-21(12-17-32)27-23-10-9-22(30)19-26(23)36-31-27/h2-5,7-10,13,19-21H,6,11-12,14-18H2,1H3. The van der Waals surface area contributed by atoms with E-state index in [1.165, 1.54) is 12.1 Å². The number of piperidine rings is 1. The first-order chi connectivity index (χ1) is 17.6. The number of benzene rings is 2. The molecule has 36 heavy (non-hydrogen) atoms. The number of methoxy groups -OCH3 is 1. The van der Waals surface area contributed by atoms with Crippen molar-refractivity contribution in [3.63, 3.8) is 0 Å². The van der Waals surface area contributed by atoms with Gasteiger partial charge < -0.3 is 23.7 Å². The van der Waals surface area contributed by atoms with Gasteiger partial charge in [-0.2, -0.15) is 0 Å². The van der Waals surface area contributed by atoms with Crippen LogP contribution in [0.5, 0.6) is 11.5 Å². The van der Waals surface area contributed by atoms with Gasteiger partial charge in [-0.1, -0.05) is 41.6 Å². The quantitative estimate of drug-likeness (QED) is 0.288. The fraction of sp³-hybridized carbons (Fsp3) is 0.379. The third-order valence-corrected chi connectivity index (χ3v) is 7.30. The van der Waals surface area contributed by atoms with E-state index >= 15 is 0 Å². The molecule has 5 rings (SSSR count). The Kier molecular flexibility index (Phi) is 7.18. The fourth-order valence-electron chi connectivity index (χ4n) is 5.32. The first kappa shape index (κ1) is 24.3. The summed E-state index contributed by atoms with van der Waals surface area (Å²) >= 11 is 0. The normalized spacial score (nSPS) is 20.6. The van der Waals surface area contributed by atoms with Gasteiger partial charge in [0.1, 0.15) is 12.1 Å². The predicted octanol–water partition coefficient (Wildman–Crippen LogP) is 5.58. The zero-order valence-electron chi connectivity index (χ0n) is 20.5. The van der Waals surface area contributed by atoms with E-state index in [9.17, 15) is 9.18 Å². The molecule has 7 heteroatoms. The Hall–Kier alpha value is -3.45. The van der Waals surface area contributed by atoms with E-state index in [4.69, 9.17) is 14.0 Å². The number of carbonyl (C=O) groups excluding carboxylic acids is 1. The van der Waals surface area contributed by atoms with Crippen molar-refractivity contribution in [3.8, 4) is 11.5 Å². The molecule has 188 valence electrons. The molecule has 0 radical (unpaired) electrons. The number of carbonyl (C=O) groups is 1. The number of hydrogen-bond acceptors (Lipinski definition) is 6. The molecule has 0 saturated carbocycles. The number of halogens is 1. The highest BCUT2D eigenvalue weighted by Gasteiger charge is 2.33. The second-order valence-corrected chi connectivity index (χ2v) is 9.51. The molecule has 0 N–H and O–H groups in total. The topological polar surface area (TPSA) is 64.8 Å². The van der Waals surface area contributed by atoms with Gasteiger partial charge in [0.05, 0.1) is 24.8 Å². The van der Waals surface area contributed by atoms with Crippen molar-refractivity contribution in [1.29, 1.82) is 0 Å². The zero-order chi connectivity index (χ0) is 25.0. The highest BCUT2D eigenvalue weighted by Crippen LogP contribution is 2.41. The minimum atomic E-state index is -0.729. The average molecular weight is 491 g/mol. The van der Waals surface area contributed by atoms with Crippen LogP contribution in [0, 0.1) is 5.82 Å². The lowest BCUT2D eigenvalue weighted by Crippen LogP contribution is -2.34. The van der Waals surface area contributed by atoms with Crippen molar-refractivity contribution >= 4 is 17.3 Å². The van der Waals surface area contributed by atoms with Crippen molar-refractivity contribution < 1.29 is 23.2 Å². The monoisotopic (exact) mass is 490 g/mol. The van der Waals surface area contributed by atoms with Crippen molar-refractivity contribution in [1.82, 2.24) is 10.1 Å². The molecule has 0 spiro atoms. The van der Waals surface area contributed by atoms with Gasteiger partial charge in [-0.3, -0.25) is 0 Å². The van der Waals surface area contributed by atoms with Crippen molar-refractivity contribution in [2.24, 2.45) is 0 Å². The van der Waals surface area contributed by atoms with Crippen molar-refractivity contribution in [3.05, 3.63) is 77.8 Å². The van der Waals surface area contributed by atoms with E-state index in [1.54, 1.807) is 13.2 Å². The number of rotatable bonds is 9. The van der Waals surface area contributed by atoms with Gasteiger partial charge in [0.2, 0.25) is 0 Å². The number of hydrogen-bond donors (Lipinski definition) is 0. The highest BCUT2D eigenvalue weighted by atomic mass is 19.1. The Morgan fingerprint density at radius 2 is 2.08 bits per heavy atom. The molecule has 0 bridgehead atoms. The summed E-state index contributed by atoms with van der Waals surface area (Å²) in [6.07, 6.45) is 12.2. The summed E-state index contributed by atoms with van der Waals surface area (Å²) in [5.41, 5.74) is 1.55. The molecular weight excluding hydrogens is 459 g/mol. The molecule has 6 nitrogen and oxygen atoms in total. The Morgan fingerprint density at radius 3 is 2.83 bits per heavy atom. The number of aldehydes is 1. The van der Waals surface area contributed by atoms with Gasteiger partial charge in [-0.25, -0.2) is 4.39 Å². The number of fused-ring (bicyclic) bond motifs is 1. The van der Waals surface area contributed by atoms with Crippen LogP contribution >= 0.6 is 0 Å². The Labute approximate surface area is 210 Å². The minimum Gasteiger partial charge on any atom is -0.493 e. The average Bonchev–Trinajstić information content (AvgIpc) is 3.34. The summed E-state index contributed by atoms with van der Waals surface area (Å²) < 4.78 is 30.6. The maximum atomic E-state index is 13.4. The van der Waals surface area contributed by atoms with E-state index in [0.29, 0.717) is 36.0 Å². The Balaban J connectivity index is 1.14. The van der Waals surface area contributed by atoms with Gasteiger partial charge in [0.15, 0.2) is 17.1 Å². The van der Waals surface area contributed by atoms with Gasteiger partial charge in [0, 0.05) is 29.5 Å². The van der Waals surface area contributed by atoms with Crippen LogP contribution in [0.25, 0.3) is 11.0 Å². The molecule has 1 unspecified atom stereocenters. The maximum absolute atomic E-state index is 13.4. The molecule has 0 amide bonds. The third-order valence-electron chi connectivity index (χ3n) is 7.30.